The molecule has 1 fully saturated rings. The van der Waals surface area contributed by atoms with Crippen molar-refractivity contribution in [3.63, 3.8) is 0 Å². The smallest absolute Gasteiger partial charge is 0.194 e. The molecule has 7 nitrogen and oxygen atoms in total. The molecule has 2 aromatic rings. The fraction of sp³-hybridized carbons (Fsp3) is 0.762. The van der Waals surface area contributed by atoms with Crippen molar-refractivity contribution in [1.82, 2.24) is 19.5 Å². The van der Waals surface area contributed by atoms with E-state index in [0.717, 1.165) is 3.83 Å². The van der Waals surface area contributed by atoms with E-state index in [1.165, 1.54) is 0 Å². The molecule has 0 radical (unpaired) electrons. The van der Waals surface area contributed by atoms with Crippen molar-refractivity contribution < 1.29 is 13.6 Å². The van der Waals surface area contributed by atoms with Crippen LogP contribution in [0.5, 0.6) is 0 Å². The fourth-order valence-electron chi connectivity index (χ4n) is 3.21. The number of nitrogens with zero attached hydrogens (tertiary/aromatic N) is 4. The normalized spacial score (nSPS) is 23.0. The summed E-state index contributed by atoms with van der Waals surface area (Å²) in [6.07, 6.45) is -0.862. The fourth-order valence-corrected chi connectivity index (χ4v) is 7.39. The van der Waals surface area contributed by atoms with Gasteiger partial charge in [0.05, 0.1) is 12.7 Å². The van der Waals surface area contributed by atoms with Gasteiger partial charge in [-0.2, -0.15) is 0 Å². The maximum Gasteiger partial charge on any atom is 0.194 e. The van der Waals surface area contributed by atoms with E-state index < -0.39 is 22.9 Å². The van der Waals surface area contributed by atoms with Crippen molar-refractivity contribution in [2.24, 2.45) is 0 Å². The van der Waals surface area contributed by atoms with Crippen molar-refractivity contribution >= 4 is 84.6 Å². The van der Waals surface area contributed by atoms with Crippen LogP contribution in [-0.4, -0.2) is 55.0 Å². The Kier molecular flexibility index (Phi) is 8.10. The minimum Gasteiger partial charge on any atom is -0.409 e. The average Bonchev–Trinajstić information content (AvgIpc) is 3.13. The molecular formula is C21H35ClI2N4O3Si2. The third-order valence-corrected chi connectivity index (χ3v) is 17.7. The average molecular weight is 737 g/mol. The first-order valence-electron chi connectivity index (χ1n) is 11.1. The van der Waals surface area contributed by atoms with Gasteiger partial charge in [0.1, 0.15) is 11.6 Å². The zero-order chi connectivity index (χ0) is 25.1. The van der Waals surface area contributed by atoms with Gasteiger partial charge in [-0.3, -0.25) is 4.57 Å². The van der Waals surface area contributed by atoms with Crippen LogP contribution in [0.2, 0.25) is 41.4 Å². The van der Waals surface area contributed by atoms with E-state index in [9.17, 15) is 0 Å². The molecule has 1 aliphatic heterocycles. The van der Waals surface area contributed by atoms with Gasteiger partial charge in [-0.25, -0.2) is 15.0 Å². The van der Waals surface area contributed by atoms with Gasteiger partial charge >= 0.3 is 0 Å². The van der Waals surface area contributed by atoms with Crippen LogP contribution in [0.25, 0.3) is 11.2 Å². The standard InChI is InChI=1S/C21H35ClI2N4O3Si2/c1-20(2,3)32(7,8)30-12-11-29-17(14(12)31-33(9,10)21(4,5)6)28-16-13(25-19(28)24)15(22)26-18(23)27-16/h12,14,17H,11H2,1-10H3/t12?,14?,17-/m1/s1. The first kappa shape index (κ1) is 28.2. The van der Waals surface area contributed by atoms with Gasteiger partial charge in [0.25, 0.3) is 0 Å². The molecular weight excluding hydrogens is 702 g/mol. The number of halogens is 3. The number of ether oxygens (including phenoxy) is 1. The Morgan fingerprint density at radius 2 is 1.48 bits per heavy atom. The predicted octanol–water partition coefficient (Wildman–Crippen LogP) is 7.00. The number of aromatic nitrogens is 4. The SMILES string of the molecule is CC(C)(C)[Si](C)(C)OC1CO[C@@H](n2c(I)nc3c(Cl)nc(I)nc32)C1O[Si](C)(C)C(C)(C)C. The summed E-state index contributed by atoms with van der Waals surface area (Å²) in [5, 5.41) is 0.474. The van der Waals surface area contributed by atoms with Gasteiger partial charge in [0.15, 0.2) is 41.3 Å². The van der Waals surface area contributed by atoms with Crippen LogP contribution in [-0.2, 0) is 13.6 Å². The Morgan fingerprint density at radius 3 is 2.03 bits per heavy atom. The zero-order valence-corrected chi connectivity index (χ0v) is 28.2. The first-order valence-corrected chi connectivity index (χ1v) is 19.4. The quantitative estimate of drug-likeness (QED) is 0.108. The van der Waals surface area contributed by atoms with Crippen LogP contribution in [0.4, 0.5) is 0 Å². The van der Waals surface area contributed by atoms with Gasteiger partial charge in [0, 0.05) is 45.2 Å². The Morgan fingerprint density at radius 1 is 0.939 bits per heavy atom. The Balaban J connectivity index is 2.09. The van der Waals surface area contributed by atoms with E-state index in [-0.39, 0.29) is 22.3 Å². The minimum atomic E-state index is -2.14. The van der Waals surface area contributed by atoms with E-state index >= 15 is 0 Å². The number of hydrogen-bond acceptors (Lipinski definition) is 6. The van der Waals surface area contributed by atoms with Crippen LogP contribution in [0.1, 0.15) is 47.8 Å². The van der Waals surface area contributed by atoms with Crippen molar-refractivity contribution in [3.05, 3.63) is 12.8 Å². The second-order valence-corrected chi connectivity index (χ2v) is 23.5. The summed E-state index contributed by atoms with van der Waals surface area (Å²) in [6.45, 7) is 23.1. The number of fused-ring (bicyclic) bond motifs is 1. The lowest BCUT2D eigenvalue weighted by Crippen LogP contribution is -2.52. The summed E-state index contributed by atoms with van der Waals surface area (Å²) in [7, 11) is -4.19. The highest BCUT2D eigenvalue weighted by atomic mass is 127. The lowest BCUT2D eigenvalue weighted by atomic mass is 10.2. The molecule has 1 saturated heterocycles. The van der Waals surface area contributed by atoms with E-state index in [2.05, 4.69) is 128 Å². The van der Waals surface area contributed by atoms with Crippen molar-refractivity contribution in [2.75, 3.05) is 6.61 Å². The summed E-state index contributed by atoms with van der Waals surface area (Å²) < 4.78 is 23.6. The van der Waals surface area contributed by atoms with Crippen LogP contribution < -0.4 is 0 Å². The number of imidazole rings is 1. The molecule has 0 aromatic carbocycles. The summed E-state index contributed by atoms with van der Waals surface area (Å²) in [5.41, 5.74) is 1.23. The lowest BCUT2D eigenvalue weighted by molar-refractivity contribution is -0.00972. The topological polar surface area (TPSA) is 71.3 Å². The predicted molar refractivity (Wildman–Crippen MR) is 155 cm³/mol. The van der Waals surface area contributed by atoms with Crippen molar-refractivity contribution in [1.29, 1.82) is 0 Å². The third-order valence-electron chi connectivity index (χ3n) is 7.25. The summed E-state index contributed by atoms with van der Waals surface area (Å²) in [6, 6.07) is 0. The van der Waals surface area contributed by atoms with Gasteiger partial charge in [-0.15, -0.1) is 0 Å². The van der Waals surface area contributed by atoms with Gasteiger partial charge in [-0.1, -0.05) is 53.1 Å². The van der Waals surface area contributed by atoms with E-state index in [4.69, 9.17) is 25.2 Å². The van der Waals surface area contributed by atoms with Crippen LogP contribution in [0.15, 0.2) is 0 Å². The van der Waals surface area contributed by atoms with Gasteiger partial charge in [0.2, 0.25) is 0 Å². The molecule has 2 unspecified atom stereocenters. The Labute approximate surface area is 231 Å². The van der Waals surface area contributed by atoms with E-state index in [1.807, 2.05) is 4.57 Å². The number of rotatable bonds is 5. The highest BCUT2D eigenvalue weighted by Crippen LogP contribution is 2.45. The van der Waals surface area contributed by atoms with Crippen molar-refractivity contribution in [2.45, 2.75) is 96.2 Å². The van der Waals surface area contributed by atoms with E-state index in [0.29, 0.717) is 26.8 Å². The van der Waals surface area contributed by atoms with E-state index in [1.54, 1.807) is 0 Å². The molecule has 0 spiro atoms. The Bertz CT molecular complexity index is 1040. The molecule has 0 aliphatic carbocycles. The largest absolute Gasteiger partial charge is 0.409 e. The molecule has 12 heteroatoms. The zero-order valence-electron chi connectivity index (χ0n) is 21.1. The van der Waals surface area contributed by atoms with Gasteiger partial charge < -0.3 is 13.6 Å². The van der Waals surface area contributed by atoms with Gasteiger partial charge in [-0.05, 0) is 36.3 Å². The molecule has 0 amide bonds. The molecule has 2 aromatic heterocycles. The second kappa shape index (κ2) is 9.49. The number of hydrogen-bond donors (Lipinski definition) is 0. The van der Waals surface area contributed by atoms with Crippen LogP contribution in [0.3, 0.4) is 0 Å². The molecule has 1 aliphatic rings. The Hall–Kier alpha value is 0.614. The lowest BCUT2D eigenvalue weighted by Gasteiger charge is -2.43. The molecule has 3 atom stereocenters. The molecule has 0 saturated carbocycles. The summed E-state index contributed by atoms with van der Waals surface area (Å²) >= 11 is 10.7. The monoisotopic (exact) mass is 736 g/mol. The third kappa shape index (κ3) is 5.64. The molecule has 3 heterocycles. The second-order valence-electron chi connectivity index (χ2n) is 11.7. The minimum absolute atomic E-state index is 0.0483. The highest BCUT2D eigenvalue weighted by Gasteiger charge is 2.51. The molecule has 3 rings (SSSR count). The van der Waals surface area contributed by atoms with Crippen LogP contribution >= 0.6 is 56.8 Å². The molecule has 0 N–H and O–H groups in total. The van der Waals surface area contributed by atoms with Crippen molar-refractivity contribution in [3.8, 4) is 0 Å². The maximum atomic E-state index is 7.02. The molecule has 186 valence electrons. The summed E-state index contributed by atoms with van der Waals surface area (Å²) in [5.74, 6) is 0. The first-order chi connectivity index (χ1) is 14.9. The maximum absolute atomic E-state index is 7.02. The summed E-state index contributed by atoms with van der Waals surface area (Å²) in [4.78, 5) is 13.6. The molecule has 33 heavy (non-hydrogen) atoms. The van der Waals surface area contributed by atoms with Crippen LogP contribution in [0, 0.1) is 7.66 Å². The highest BCUT2D eigenvalue weighted by molar-refractivity contribution is 14.1. The molecule has 0 bridgehead atoms.